The van der Waals surface area contributed by atoms with Gasteiger partial charge in [0.15, 0.2) is 0 Å². The van der Waals surface area contributed by atoms with Crippen molar-refractivity contribution in [1.29, 1.82) is 0 Å². The minimum Gasteiger partial charge on any atom is -0.319 e. The van der Waals surface area contributed by atoms with Gasteiger partial charge in [-0.05, 0) is 17.9 Å². The molecule has 1 nitrogen and oxygen atoms in total. The zero-order chi connectivity index (χ0) is 8.41. The number of hydrogen-bond donors (Lipinski definition) is 1. The quantitative estimate of drug-likeness (QED) is 0.625. The topological polar surface area (TPSA) is 12.0 Å². The first-order chi connectivity index (χ1) is 4.31. The zero-order valence-electron chi connectivity index (χ0n) is 8.21. The lowest BCUT2D eigenvalue weighted by atomic mass is 9.69. The third-order valence-corrected chi connectivity index (χ3v) is 2.65. The first-order valence-electron chi connectivity index (χ1n) is 3.96. The molecule has 10 heavy (non-hydrogen) atoms. The second-order valence-electron chi connectivity index (χ2n) is 4.66. The van der Waals surface area contributed by atoms with Gasteiger partial charge in [0.05, 0.1) is 0 Å². The molecule has 62 valence electrons. The molecule has 0 radical (unpaired) electrons. The monoisotopic (exact) mass is 143 g/mol. The fourth-order valence-corrected chi connectivity index (χ4v) is 0.707. The summed E-state index contributed by atoms with van der Waals surface area (Å²) in [6, 6.07) is 0. The van der Waals surface area contributed by atoms with Gasteiger partial charge in [0.2, 0.25) is 0 Å². The highest BCUT2D eigenvalue weighted by Gasteiger charge is 2.31. The van der Waals surface area contributed by atoms with E-state index in [1.165, 1.54) is 0 Å². The van der Waals surface area contributed by atoms with Crippen LogP contribution < -0.4 is 5.32 Å². The number of nitrogens with one attached hydrogen (secondary N) is 1. The Hall–Kier alpha value is -0.0400. The van der Waals surface area contributed by atoms with Crippen molar-refractivity contribution in [2.45, 2.75) is 34.6 Å². The maximum Gasteiger partial charge on any atom is 0.000452 e. The molecule has 0 aromatic rings. The molecule has 0 unspecified atom stereocenters. The summed E-state index contributed by atoms with van der Waals surface area (Å²) in [6.45, 7) is 12.5. The Morgan fingerprint density at radius 2 is 1.40 bits per heavy atom. The van der Waals surface area contributed by atoms with E-state index in [1.807, 2.05) is 7.05 Å². The van der Waals surface area contributed by atoms with Crippen molar-refractivity contribution in [2.75, 3.05) is 13.6 Å². The van der Waals surface area contributed by atoms with Gasteiger partial charge in [0.25, 0.3) is 0 Å². The Labute approximate surface area is 65.2 Å². The van der Waals surface area contributed by atoms with Gasteiger partial charge in [-0.15, -0.1) is 0 Å². The van der Waals surface area contributed by atoms with Crippen molar-refractivity contribution in [3.05, 3.63) is 0 Å². The van der Waals surface area contributed by atoms with E-state index in [0.717, 1.165) is 6.54 Å². The summed E-state index contributed by atoms with van der Waals surface area (Å²) in [7, 11) is 2.01. The lowest BCUT2D eigenvalue weighted by molar-refractivity contribution is 0.132. The van der Waals surface area contributed by atoms with Crippen molar-refractivity contribution in [1.82, 2.24) is 5.32 Å². The van der Waals surface area contributed by atoms with Gasteiger partial charge < -0.3 is 5.32 Å². The SMILES string of the molecule is CNCC(C)(C)C(C)(C)C. The van der Waals surface area contributed by atoms with Crippen LogP contribution in [0.15, 0.2) is 0 Å². The van der Waals surface area contributed by atoms with Crippen LogP contribution in [0.4, 0.5) is 0 Å². The zero-order valence-corrected chi connectivity index (χ0v) is 8.21. The Morgan fingerprint density at radius 1 is 1.00 bits per heavy atom. The molecule has 0 saturated carbocycles. The van der Waals surface area contributed by atoms with Crippen LogP contribution in [-0.4, -0.2) is 13.6 Å². The summed E-state index contributed by atoms with van der Waals surface area (Å²) < 4.78 is 0. The Kier molecular flexibility index (Phi) is 2.90. The summed E-state index contributed by atoms with van der Waals surface area (Å²) in [4.78, 5) is 0. The first kappa shape index (κ1) is 9.96. The molecule has 0 fully saturated rings. The van der Waals surface area contributed by atoms with E-state index in [1.54, 1.807) is 0 Å². The normalized spacial score (nSPS) is 13.8. The van der Waals surface area contributed by atoms with Gasteiger partial charge in [0.1, 0.15) is 0 Å². The summed E-state index contributed by atoms with van der Waals surface area (Å²) in [5.74, 6) is 0. The molecule has 0 saturated heterocycles. The van der Waals surface area contributed by atoms with E-state index in [4.69, 9.17) is 0 Å². The first-order valence-corrected chi connectivity index (χ1v) is 3.96. The van der Waals surface area contributed by atoms with E-state index in [-0.39, 0.29) is 0 Å². The van der Waals surface area contributed by atoms with Gasteiger partial charge in [0, 0.05) is 6.54 Å². The third kappa shape index (κ3) is 2.30. The molecule has 0 heterocycles. The van der Waals surface area contributed by atoms with Crippen molar-refractivity contribution >= 4 is 0 Å². The van der Waals surface area contributed by atoms with Crippen LogP contribution >= 0.6 is 0 Å². The molecule has 0 amide bonds. The highest BCUT2D eigenvalue weighted by molar-refractivity contribution is 4.83. The van der Waals surface area contributed by atoms with Crippen LogP contribution in [0.2, 0.25) is 0 Å². The summed E-state index contributed by atoms with van der Waals surface area (Å²) >= 11 is 0. The molecule has 0 atom stereocenters. The second-order valence-corrected chi connectivity index (χ2v) is 4.66. The Morgan fingerprint density at radius 3 is 1.50 bits per heavy atom. The van der Waals surface area contributed by atoms with E-state index in [2.05, 4.69) is 39.9 Å². The van der Waals surface area contributed by atoms with Gasteiger partial charge >= 0.3 is 0 Å². The fourth-order valence-electron chi connectivity index (χ4n) is 0.707. The standard InChI is InChI=1S/C9H21N/c1-8(2,3)9(4,5)7-10-6/h10H,7H2,1-6H3. The lowest BCUT2D eigenvalue weighted by Gasteiger charge is -2.38. The van der Waals surface area contributed by atoms with Crippen molar-refractivity contribution in [3.63, 3.8) is 0 Å². The molecule has 1 N–H and O–H groups in total. The molecule has 0 aliphatic heterocycles. The molecule has 0 spiro atoms. The van der Waals surface area contributed by atoms with E-state index in [9.17, 15) is 0 Å². The van der Waals surface area contributed by atoms with Crippen LogP contribution in [0, 0.1) is 10.8 Å². The minimum absolute atomic E-state index is 0.377. The van der Waals surface area contributed by atoms with Crippen LogP contribution in [0.25, 0.3) is 0 Å². The minimum atomic E-state index is 0.377. The summed E-state index contributed by atoms with van der Waals surface area (Å²) in [5.41, 5.74) is 0.762. The average molecular weight is 143 g/mol. The Bertz CT molecular complexity index is 97.8. The number of rotatable bonds is 2. The van der Waals surface area contributed by atoms with Gasteiger partial charge in [-0.3, -0.25) is 0 Å². The summed E-state index contributed by atoms with van der Waals surface area (Å²) in [5, 5.41) is 3.21. The predicted molar refractivity (Wildman–Crippen MR) is 47.2 cm³/mol. The van der Waals surface area contributed by atoms with Gasteiger partial charge in [-0.2, -0.15) is 0 Å². The van der Waals surface area contributed by atoms with E-state index in [0.29, 0.717) is 10.8 Å². The molecule has 0 aliphatic carbocycles. The van der Waals surface area contributed by atoms with Gasteiger partial charge in [-0.1, -0.05) is 34.6 Å². The Balaban J connectivity index is 4.10. The molecule has 0 aliphatic rings. The van der Waals surface area contributed by atoms with Crippen LogP contribution in [-0.2, 0) is 0 Å². The molecule has 0 rings (SSSR count). The van der Waals surface area contributed by atoms with Crippen molar-refractivity contribution in [3.8, 4) is 0 Å². The highest BCUT2D eigenvalue weighted by atomic mass is 14.8. The maximum absolute atomic E-state index is 3.21. The van der Waals surface area contributed by atoms with E-state index < -0.39 is 0 Å². The molecule has 1 heteroatoms. The fraction of sp³-hybridized carbons (Fsp3) is 1.00. The molecule has 0 bridgehead atoms. The maximum atomic E-state index is 3.21. The molecular weight excluding hydrogens is 122 g/mol. The smallest absolute Gasteiger partial charge is 0.000452 e. The molecular formula is C9H21N. The predicted octanol–water partition coefficient (Wildman–Crippen LogP) is 2.28. The van der Waals surface area contributed by atoms with Crippen molar-refractivity contribution < 1.29 is 0 Å². The third-order valence-electron chi connectivity index (χ3n) is 2.65. The van der Waals surface area contributed by atoms with Crippen LogP contribution in [0.3, 0.4) is 0 Å². The summed E-state index contributed by atoms with van der Waals surface area (Å²) in [6.07, 6.45) is 0. The molecule has 0 aromatic carbocycles. The molecule has 0 aromatic heterocycles. The largest absolute Gasteiger partial charge is 0.319 e. The number of hydrogen-bond acceptors (Lipinski definition) is 1. The van der Waals surface area contributed by atoms with Crippen LogP contribution in [0.5, 0.6) is 0 Å². The van der Waals surface area contributed by atoms with Gasteiger partial charge in [-0.25, -0.2) is 0 Å². The van der Waals surface area contributed by atoms with Crippen molar-refractivity contribution in [2.24, 2.45) is 10.8 Å². The lowest BCUT2D eigenvalue weighted by Crippen LogP contribution is -2.38. The second kappa shape index (κ2) is 2.91. The van der Waals surface area contributed by atoms with Crippen LogP contribution in [0.1, 0.15) is 34.6 Å². The highest BCUT2D eigenvalue weighted by Crippen LogP contribution is 2.36. The van der Waals surface area contributed by atoms with E-state index >= 15 is 0 Å². The average Bonchev–Trinajstić information content (AvgIpc) is 1.61.